The molecule has 0 unspecified atom stereocenters. The van der Waals surface area contributed by atoms with Crippen LogP contribution in [-0.4, -0.2) is 6.04 Å². The molecule has 0 amide bonds. The van der Waals surface area contributed by atoms with E-state index in [1.54, 1.807) is 0 Å². The van der Waals surface area contributed by atoms with Gasteiger partial charge in [-0.3, -0.25) is 0 Å². The molecule has 0 saturated heterocycles. The van der Waals surface area contributed by atoms with Gasteiger partial charge in [-0.2, -0.15) is 0 Å². The van der Waals surface area contributed by atoms with Gasteiger partial charge in [0.25, 0.3) is 0 Å². The SMILES string of the molecule is Cc1cc(CNC2CCC3(CCCC3)CC2)cc(C)c1F. The minimum atomic E-state index is -0.0559. The van der Waals surface area contributed by atoms with Crippen molar-refractivity contribution in [1.29, 1.82) is 0 Å². The van der Waals surface area contributed by atoms with E-state index in [4.69, 9.17) is 0 Å². The zero-order chi connectivity index (χ0) is 14.9. The van der Waals surface area contributed by atoms with E-state index in [0.29, 0.717) is 11.5 Å². The van der Waals surface area contributed by atoms with Crippen molar-refractivity contribution < 1.29 is 4.39 Å². The Balaban J connectivity index is 1.52. The van der Waals surface area contributed by atoms with Crippen molar-refractivity contribution in [2.24, 2.45) is 5.41 Å². The van der Waals surface area contributed by atoms with Crippen LogP contribution in [0.25, 0.3) is 0 Å². The first-order chi connectivity index (χ1) is 10.1. The predicted octanol–water partition coefficient (Wildman–Crippen LogP) is 5.04. The largest absolute Gasteiger partial charge is 0.310 e. The van der Waals surface area contributed by atoms with Crippen molar-refractivity contribution in [3.63, 3.8) is 0 Å². The topological polar surface area (TPSA) is 12.0 Å². The highest BCUT2D eigenvalue weighted by Gasteiger charge is 2.37. The van der Waals surface area contributed by atoms with Crippen molar-refractivity contribution in [2.45, 2.75) is 77.8 Å². The van der Waals surface area contributed by atoms with Crippen LogP contribution >= 0.6 is 0 Å². The molecule has 0 heterocycles. The van der Waals surface area contributed by atoms with E-state index in [2.05, 4.69) is 5.32 Å². The van der Waals surface area contributed by atoms with Crippen LogP contribution in [-0.2, 0) is 6.54 Å². The summed E-state index contributed by atoms with van der Waals surface area (Å²) in [6, 6.07) is 4.62. The van der Waals surface area contributed by atoms with Gasteiger partial charge in [-0.25, -0.2) is 4.39 Å². The first-order valence-electron chi connectivity index (χ1n) is 8.57. The van der Waals surface area contributed by atoms with Gasteiger partial charge >= 0.3 is 0 Å². The fraction of sp³-hybridized carbons (Fsp3) is 0.684. The first kappa shape index (κ1) is 15.0. The van der Waals surface area contributed by atoms with Crippen LogP contribution in [0.4, 0.5) is 4.39 Å². The van der Waals surface area contributed by atoms with Gasteiger partial charge < -0.3 is 5.32 Å². The lowest BCUT2D eigenvalue weighted by atomic mass is 9.71. The highest BCUT2D eigenvalue weighted by atomic mass is 19.1. The van der Waals surface area contributed by atoms with E-state index in [9.17, 15) is 4.39 Å². The minimum Gasteiger partial charge on any atom is -0.310 e. The van der Waals surface area contributed by atoms with Gasteiger partial charge in [-0.15, -0.1) is 0 Å². The molecule has 2 heteroatoms. The van der Waals surface area contributed by atoms with Crippen LogP contribution in [0.15, 0.2) is 12.1 Å². The third-order valence-corrected chi connectivity index (χ3v) is 5.80. The maximum Gasteiger partial charge on any atom is 0.129 e. The highest BCUT2D eigenvalue weighted by molar-refractivity contribution is 5.30. The van der Waals surface area contributed by atoms with E-state index >= 15 is 0 Å². The summed E-state index contributed by atoms with van der Waals surface area (Å²) in [4.78, 5) is 0. The van der Waals surface area contributed by atoms with Crippen molar-refractivity contribution >= 4 is 0 Å². The summed E-state index contributed by atoms with van der Waals surface area (Å²) in [5.41, 5.74) is 3.45. The summed E-state index contributed by atoms with van der Waals surface area (Å²) >= 11 is 0. The molecule has 0 aliphatic heterocycles. The van der Waals surface area contributed by atoms with Crippen molar-refractivity contribution in [3.8, 4) is 0 Å². The van der Waals surface area contributed by atoms with Crippen LogP contribution in [0.2, 0.25) is 0 Å². The average Bonchev–Trinajstić information content (AvgIpc) is 2.92. The van der Waals surface area contributed by atoms with Crippen molar-refractivity contribution in [2.75, 3.05) is 0 Å². The van der Waals surface area contributed by atoms with E-state index in [-0.39, 0.29) is 5.82 Å². The summed E-state index contributed by atoms with van der Waals surface area (Å²) in [6.07, 6.45) is 11.3. The van der Waals surface area contributed by atoms with Gasteiger partial charge in [0, 0.05) is 12.6 Å². The lowest BCUT2D eigenvalue weighted by Gasteiger charge is -2.37. The molecular formula is C19H28FN. The lowest BCUT2D eigenvalue weighted by Crippen LogP contribution is -2.36. The molecule has 2 fully saturated rings. The first-order valence-corrected chi connectivity index (χ1v) is 8.57. The highest BCUT2D eigenvalue weighted by Crippen LogP contribution is 2.48. The maximum atomic E-state index is 13.7. The monoisotopic (exact) mass is 289 g/mol. The molecule has 3 rings (SSSR count). The molecule has 1 spiro atoms. The Kier molecular flexibility index (Phi) is 4.35. The van der Waals surface area contributed by atoms with Crippen LogP contribution in [0.5, 0.6) is 0 Å². The molecule has 1 N–H and O–H groups in total. The Morgan fingerprint density at radius 1 is 1.05 bits per heavy atom. The van der Waals surface area contributed by atoms with Gasteiger partial charge in [0.1, 0.15) is 5.82 Å². The molecule has 0 aromatic heterocycles. The standard InChI is InChI=1S/C19H28FN/c1-14-11-16(12-15(2)18(14)20)13-21-17-5-9-19(10-6-17)7-3-4-8-19/h11-12,17,21H,3-10,13H2,1-2H3. The lowest BCUT2D eigenvalue weighted by molar-refractivity contribution is 0.168. The minimum absolute atomic E-state index is 0.0559. The smallest absolute Gasteiger partial charge is 0.129 e. The fourth-order valence-electron chi connectivity index (χ4n) is 4.46. The Hall–Kier alpha value is -0.890. The molecule has 0 atom stereocenters. The van der Waals surface area contributed by atoms with Gasteiger partial charge in [-0.1, -0.05) is 25.0 Å². The van der Waals surface area contributed by atoms with Gasteiger partial charge in [0.05, 0.1) is 0 Å². The summed E-state index contributed by atoms with van der Waals surface area (Å²) < 4.78 is 13.7. The molecule has 21 heavy (non-hydrogen) atoms. The molecule has 0 radical (unpaired) electrons. The molecule has 2 aliphatic carbocycles. The summed E-state index contributed by atoms with van der Waals surface area (Å²) in [7, 11) is 0. The second-order valence-electron chi connectivity index (χ2n) is 7.41. The summed E-state index contributed by atoms with van der Waals surface area (Å²) in [5, 5.41) is 3.70. The number of nitrogens with one attached hydrogen (secondary N) is 1. The maximum absolute atomic E-state index is 13.7. The van der Waals surface area contributed by atoms with Crippen LogP contribution < -0.4 is 5.32 Å². The van der Waals surface area contributed by atoms with Crippen LogP contribution in [0.3, 0.4) is 0 Å². The Bertz CT molecular complexity index is 469. The predicted molar refractivity (Wildman–Crippen MR) is 85.9 cm³/mol. The number of aryl methyl sites for hydroxylation is 2. The van der Waals surface area contributed by atoms with Crippen molar-refractivity contribution in [1.82, 2.24) is 5.32 Å². The molecule has 2 aliphatic rings. The summed E-state index contributed by atoms with van der Waals surface area (Å²) in [6.45, 7) is 4.59. The normalized spacial score (nSPS) is 22.0. The molecule has 1 nitrogen and oxygen atoms in total. The second-order valence-corrected chi connectivity index (χ2v) is 7.41. The number of rotatable bonds is 3. The second kappa shape index (κ2) is 6.08. The zero-order valence-electron chi connectivity index (χ0n) is 13.5. The zero-order valence-corrected chi connectivity index (χ0v) is 13.5. The fourth-order valence-corrected chi connectivity index (χ4v) is 4.46. The van der Waals surface area contributed by atoms with Crippen LogP contribution in [0.1, 0.15) is 68.1 Å². The van der Waals surface area contributed by atoms with E-state index < -0.39 is 0 Å². The third kappa shape index (κ3) is 3.31. The molecule has 1 aromatic carbocycles. The van der Waals surface area contributed by atoms with Gasteiger partial charge in [0.2, 0.25) is 0 Å². The molecule has 0 bridgehead atoms. The molecule has 2 saturated carbocycles. The number of hydrogen-bond acceptors (Lipinski definition) is 1. The Morgan fingerprint density at radius 2 is 1.62 bits per heavy atom. The van der Waals surface area contributed by atoms with Gasteiger partial charge in [0.15, 0.2) is 0 Å². The van der Waals surface area contributed by atoms with E-state index in [0.717, 1.165) is 17.7 Å². The molecule has 116 valence electrons. The number of halogens is 1. The number of hydrogen-bond donors (Lipinski definition) is 1. The molecular weight excluding hydrogens is 261 g/mol. The van der Waals surface area contributed by atoms with Gasteiger partial charge in [-0.05, 0) is 74.5 Å². The summed E-state index contributed by atoms with van der Waals surface area (Å²) in [5.74, 6) is -0.0559. The quantitative estimate of drug-likeness (QED) is 0.822. The van der Waals surface area contributed by atoms with Crippen molar-refractivity contribution in [3.05, 3.63) is 34.6 Å². The number of benzene rings is 1. The Labute approximate surface area is 128 Å². The van der Waals surface area contributed by atoms with E-state index in [1.165, 1.54) is 56.9 Å². The van der Waals surface area contributed by atoms with E-state index in [1.807, 2.05) is 26.0 Å². The Morgan fingerprint density at radius 3 is 2.19 bits per heavy atom. The molecule has 1 aromatic rings. The average molecular weight is 289 g/mol. The van der Waals surface area contributed by atoms with Crippen LogP contribution in [0, 0.1) is 25.1 Å². The third-order valence-electron chi connectivity index (χ3n) is 5.80.